The molecular formula is C24H24F5N5O5. The number of nitrogens with one attached hydrogen (secondary N) is 3. The van der Waals surface area contributed by atoms with Crippen molar-refractivity contribution < 1.29 is 45.9 Å². The van der Waals surface area contributed by atoms with E-state index in [1.807, 2.05) is 6.07 Å². The number of anilines is 1. The summed E-state index contributed by atoms with van der Waals surface area (Å²) in [6.07, 6.45) is -4.62. The van der Waals surface area contributed by atoms with E-state index in [1.165, 1.54) is 0 Å². The molecule has 1 aromatic carbocycles. The highest BCUT2D eigenvalue weighted by Gasteiger charge is 2.59. The average Bonchev–Trinajstić information content (AvgIpc) is 3.61. The average molecular weight is 557 g/mol. The van der Waals surface area contributed by atoms with Crippen LogP contribution in [0.2, 0.25) is 0 Å². The molecule has 0 aromatic heterocycles. The summed E-state index contributed by atoms with van der Waals surface area (Å²) in [7, 11) is 1.12. The Morgan fingerprint density at radius 1 is 1.26 bits per heavy atom. The van der Waals surface area contributed by atoms with E-state index in [-0.39, 0.29) is 18.1 Å². The molecule has 2 heterocycles. The number of amides is 4. The second-order valence-corrected chi connectivity index (χ2v) is 10.1. The number of rotatable bonds is 6. The Balaban J connectivity index is 1.70. The minimum Gasteiger partial charge on any atom is -0.473 e. The van der Waals surface area contributed by atoms with Crippen LogP contribution in [0.25, 0.3) is 0 Å². The first-order valence-electron chi connectivity index (χ1n) is 12.0. The molecule has 2 fully saturated rings. The number of hydrogen-bond acceptors (Lipinski definition) is 6. The van der Waals surface area contributed by atoms with Gasteiger partial charge >= 0.3 is 12.1 Å². The molecule has 210 valence electrons. The predicted molar refractivity (Wildman–Crippen MR) is 122 cm³/mol. The molecular weight excluding hydrogens is 533 g/mol. The van der Waals surface area contributed by atoms with Gasteiger partial charge in [-0.2, -0.15) is 18.4 Å². The molecule has 4 atom stereocenters. The molecule has 1 spiro atoms. The molecule has 15 heteroatoms. The number of nitriles is 1. The summed E-state index contributed by atoms with van der Waals surface area (Å²) < 4.78 is 73.2. The smallest absolute Gasteiger partial charge is 0.471 e. The number of halogens is 5. The number of hydrogen-bond donors (Lipinski definition) is 3. The lowest BCUT2D eigenvalue weighted by Gasteiger charge is -2.39. The van der Waals surface area contributed by atoms with Crippen LogP contribution in [0.15, 0.2) is 12.1 Å². The minimum absolute atomic E-state index is 0.0884. The van der Waals surface area contributed by atoms with Crippen molar-refractivity contribution in [2.24, 2.45) is 11.8 Å². The predicted octanol–water partition coefficient (Wildman–Crippen LogP) is 1.76. The second kappa shape index (κ2) is 9.65. The summed E-state index contributed by atoms with van der Waals surface area (Å²) in [6, 6.07) is 1.84. The third kappa shape index (κ3) is 5.07. The van der Waals surface area contributed by atoms with Crippen LogP contribution in [0.1, 0.15) is 32.6 Å². The summed E-state index contributed by atoms with van der Waals surface area (Å²) in [4.78, 5) is 52.6. The number of carbonyl (C=O) groups is 4. The van der Waals surface area contributed by atoms with Crippen LogP contribution in [0.3, 0.4) is 0 Å². The zero-order chi connectivity index (χ0) is 28.9. The molecule has 1 saturated carbocycles. The van der Waals surface area contributed by atoms with Crippen molar-refractivity contribution in [3.8, 4) is 11.8 Å². The fourth-order valence-corrected chi connectivity index (χ4v) is 5.03. The van der Waals surface area contributed by atoms with E-state index in [2.05, 4.69) is 10.6 Å². The van der Waals surface area contributed by atoms with Gasteiger partial charge in [-0.3, -0.25) is 19.2 Å². The van der Waals surface area contributed by atoms with Gasteiger partial charge < -0.3 is 25.6 Å². The summed E-state index contributed by atoms with van der Waals surface area (Å²) in [5.74, 6) is -9.58. The van der Waals surface area contributed by atoms with Crippen molar-refractivity contribution in [3.05, 3.63) is 23.8 Å². The Kier molecular flexibility index (Phi) is 6.95. The van der Waals surface area contributed by atoms with Gasteiger partial charge in [0.05, 0.1) is 18.5 Å². The van der Waals surface area contributed by atoms with Crippen LogP contribution in [-0.2, 0) is 19.2 Å². The lowest BCUT2D eigenvalue weighted by atomic mass is 9.79. The highest BCUT2D eigenvalue weighted by atomic mass is 19.4. The van der Waals surface area contributed by atoms with Crippen LogP contribution in [0, 0.1) is 34.8 Å². The minimum atomic E-state index is -5.36. The van der Waals surface area contributed by atoms with Crippen molar-refractivity contribution >= 4 is 29.3 Å². The number of nitrogens with zero attached hydrogens (tertiary/aromatic N) is 2. The number of fused-ring (bicyclic) bond motifs is 1. The van der Waals surface area contributed by atoms with Crippen LogP contribution in [0.5, 0.6) is 5.75 Å². The molecule has 1 aromatic rings. The van der Waals surface area contributed by atoms with E-state index < -0.39 is 83.2 Å². The highest BCUT2D eigenvalue weighted by molar-refractivity contribution is 6.03. The molecule has 4 amide bonds. The molecule has 1 unspecified atom stereocenters. The van der Waals surface area contributed by atoms with E-state index in [0.29, 0.717) is 18.9 Å². The van der Waals surface area contributed by atoms with E-state index in [9.17, 15) is 46.4 Å². The van der Waals surface area contributed by atoms with Crippen LogP contribution in [-0.4, -0.2) is 65.5 Å². The molecule has 2 aliphatic heterocycles. The number of likely N-dealkylation sites (N-methyl/N-ethyl adjacent to an activating group) is 1. The van der Waals surface area contributed by atoms with Gasteiger partial charge in [0.1, 0.15) is 23.1 Å². The topological polar surface area (TPSA) is 141 Å². The number of alkyl halides is 3. The van der Waals surface area contributed by atoms with Crippen molar-refractivity contribution in [3.63, 3.8) is 0 Å². The van der Waals surface area contributed by atoms with Crippen LogP contribution in [0.4, 0.5) is 27.6 Å². The Labute approximate surface area is 218 Å². The normalized spacial score (nSPS) is 24.5. The van der Waals surface area contributed by atoms with E-state index in [4.69, 9.17) is 4.74 Å². The molecule has 10 nitrogen and oxygen atoms in total. The van der Waals surface area contributed by atoms with Gasteiger partial charge in [0.2, 0.25) is 17.4 Å². The van der Waals surface area contributed by atoms with Crippen LogP contribution >= 0.6 is 0 Å². The third-order valence-corrected chi connectivity index (χ3v) is 7.32. The van der Waals surface area contributed by atoms with Crippen molar-refractivity contribution in [2.75, 3.05) is 18.9 Å². The first kappa shape index (κ1) is 28.1. The molecule has 4 rings (SSSR count). The maximum Gasteiger partial charge on any atom is 0.471 e. The van der Waals surface area contributed by atoms with E-state index in [1.54, 1.807) is 5.32 Å². The highest BCUT2D eigenvalue weighted by Crippen LogP contribution is 2.44. The van der Waals surface area contributed by atoms with Crippen molar-refractivity contribution in [1.82, 2.24) is 15.5 Å². The summed E-state index contributed by atoms with van der Waals surface area (Å²) in [5, 5.41) is 15.9. The fraction of sp³-hybridized carbons (Fsp3) is 0.542. The molecule has 1 aliphatic carbocycles. The summed E-state index contributed by atoms with van der Waals surface area (Å²) >= 11 is 0. The van der Waals surface area contributed by atoms with Crippen LogP contribution < -0.4 is 20.7 Å². The molecule has 39 heavy (non-hydrogen) atoms. The Morgan fingerprint density at radius 3 is 2.49 bits per heavy atom. The fourth-order valence-electron chi connectivity index (χ4n) is 5.03. The van der Waals surface area contributed by atoms with Crippen molar-refractivity contribution in [1.29, 1.82) is 5.26 Å². The lowest BCUT2D eigenvalue weighted by Crippen LogP contribution is -2.66. The maximum atomic E-state index is 14.2. The van der Waals surface area contributed by atoms with Gasteiger partial charge in [0.15, 0.2) is 11.6 Å². The quantitative estimate of drug-likeness (QED) is 0.456. The van der Waals surface area contributed by atoms with Gasteiger partial charge in [0.25, 0.3) is 5.91 Å². The van der Waals surface area contributed by atoms with E-state index in [0.717, 1.165) is 24.9 Å². The number of carbonyl (C=O) groups excluding carboxylic acids is 4. The number of likely N-dealkylation sites (tertiary alicyclic amines) is 1. The number of ether oxygens (including phenoxy) is 1. The molecule has 1 saturated heterocycles. The largest absolute Gasteiger partial charge is 0.473 e. The molecule has 3 aliphatic rings. The van der Waals surface area contributed by atoms with Gasteiger partial charge in [-0.25, -0.2) is 8.78 Å². The van der Waals surface area contributed by atoms with Crippen molar-refractivity contribution in [2.45, 2.75) is 56.0 Å². The van der Waals surface area contributed by atoms with E-state index >= 15 is 0 Å². The SMILES string of the molecule is CNC(=O)C(C)(NC(=O)C(F)(F)F)[C@H](CC1CC1)C(=O)N1C[C@@]2(C[C@H]1C#N)Oc1cc(F)cc(F)c1NC2=O. The second-order valence-electron chi connectivity index (χ2n) is 10.1. The Bertz CT molecular complexity index is 1280. The third-order valence-electron chi connectivity index (χ3n) is 7.32. The lowest BCUT2D eigenvalue weighted by molar-refractivity contribution is -0.177. The van der Waals surface area contributed by atoms with Gasteiger partial charge in [-0.05, 0) is 19.3 Å². The maximum absolute atomic E-state index is 14.2. The first-order chi connectivity index (χ1) is 18.1. The van der Waals surface area contributed by atoms with Gasteiger partial charge in [-0.1, -0.05) is 12.8 Å². The molecule has 3 N–H and O–H groups in total. The van der Waals surface area contributed by atoms with Gasteiger partial charge in [-0.15, -0.1) is 0 Å². The standard InChI is InChI=1S/C24H24F5N5O5/c1-22(19(36)31-2,33-21(38)24(27,28)29)14(5-11-3-4-11)18(35)34-10-23(8-13(34)9-30)20(37)32-17-15(26)6-12(25)7-16(17)39-23/h6-7,11,13-14H,3-5,8,10H2,1-2H3,(H,31,36)(H,32,37)(H,33,38)/t13-,14+,22?,23+/m0/s1. The monoisotopic (exact) mass is 557 g/mol. The Hall–Kier alpha value is -3.96. The van der Waals surface area contributed by atoms with Gasteiger partial charge in [0, 0.05) is 25.6 Å². The zero-order valence-corrected chi connectivity index (χ0v) is 20.7. The Morgan fingerprint density at radius 2 is 1.92 bits per heavy atom. The molecule has 0 radical (unpaired) electrons. The zero-order valence-electron chi connectivity index (χ0n) is 20.7. The summed E-state index contributed by atoms with van der Waals surface area (Å²) in [6.45, 7) is 0.380. The summed E-state index contributed by atoms with van der Waals surface area (Å²) in [5.41, 5.74) is -4.77. The molecule has 0 bridgehead atoms. The first-order valence-corrected chi connectivity index (χ1v) is 12.0. The number of benzene rings is 1.